The van der Waals surface area contributed by atoms with Gasteiger partial charge in [0.2, 0.25) is 0 Å². The zero-order valence-electron chi connectivity index (χ0n) is 13.7. The molecule has 5 heteroatoms. The SMILES string of the molecule is COc1ccc(C(=O)O[C@H](C)C[NH+]2CCCCC2)cc1OC. The summed E-state index contributed by atoms with van der Waals surface area (Å²) < 4.78 is 15.9. The first-order valence-corrected chi connectivity index (χ1v) is 7.90. The number of carbonyl (C=O) groups is 1. The number of rotatable bonds is 6. The standard InChI is InChI=1S/C17H25NO4/c1-13(12-18-9-5-4-6-10-18)22-17(19)14-7-8-15(20-2)16(11-14)21-3/h7-8,11,13H,4-6,9-10,12H2,1-3H3/p+1/t13-/m1/s1. The minimum absolute atomic E-state index is 0.0892. The lowest BCUT2D eigenvalue weighted by Crippen LogP contribution is -3.13. The first kappa shape index (κ1) is 16.6. The van der Waals surface area contributed by atoms with E-state index in [1.165, 1.54) is 37.3 Å². The fourth-order valence-corrected chi connectivity index (χ4v) is 2.92. The summed E-state index contributed by atoms with van der Waals surface area (Å²) in [6.07, 6.45) is 3.77. The highest BCUT2D eigenvalue weighted by Gasteiger charge is 2.20. The highest BCUT2D eigenvalue weighted by atomic mass is 16.5. The van der Waals surface area contributed by atoms with E-state index in [4.69, 9.17) is 14.2 Å². The van der Waals surface area contributed by atoms with Crippen molar-refractivity contribution in [1.29, 1.82) is 0 Å². The second-order valence-corrected chi connectivity index (χ2v) is 5.80. The van der Waals surface area contributed by atoms with Gasteiger partial charge in [0.25, 0.3) is 0 Å². The number of methoxy groups -OCH3 is 2. The lowest BCUT2D eigenvalue weighted by atomic mass is 10.1. The van der Waals surface area contributed by atoms with E-state index in [9.17, 15) is 4.79 Å². The second-order valence-electron chi connectivity index (χ2n) is 5.80. The molecule has 0 radical (unpaired) electrons. The normalized spacial score (nSPS) is 16.9. The molecule has 0 amide bonds. The van der Waals surface area contributed by atoms with Crippen LogP contribution in [-0.2, 0) is 4.74 Å². The molecule has 5 nitrogen and oxygen atoms in total. The van der Waals surface area contributed by atoms with Crippen molar-refractivity contribution in [2.75, 3.05) is 33.9 Å². The third kappa shape index (κ3) is 4.37. The molecule has 1 aromatic rings. The number of esters is 1. The van der Waals surface area contributed by atoms with Crippen LogP contribution in [0.4, 0.5) is 0 Å². The molecule has 1 aliphatic rings. The maximum absolute atomic E-state index is 12.2. The molecule has 22 heavy (non-hydrogen) atoms. The van der Waals surface area contributed by atoms with Crippen LogP contribution in [0.15, 0.2) is 18.2 Å². The summed E-state index contributed by atoms with van der Waals surface area (Å²) in [5.41, 5.74) is 0.484. The Morgan fingerprint density at radius 2 is 1.82 bits per heavy atom. The molecule has 1 atom stereocenters. The van der Waals surface area contributed by atoms with Gasteiger partial charge in [-0.05, 0) is 44.4 Å². The summed E-state index contributed by atoms with van der Waals surface area (Å²) in [4.78, 5) is 13.8. The summed E-state index contributed by atoms with van der Waals surface area (Å²) in [5.74, 6) is 0.820. The molecule has 0 aromatic heterocycles. The molecule has 0 unspecified atom stereocenters. The van der Waals surface area contributed by atoms with Crippen molar-refractivity contribution in [3.05, 3.63) is 23.8 Å². The van der Waals surface area contributed by atoms with Gasteiger partial charge in [0.15, 0.2) is 11.5 Å². The van der Waals surface area contributed by atoms with Gasteiger partial charge >= 0.3 is 5.97 Å². The van der Waals surface area contributed by atoms with Gasteiger partial charge in [0.1, 0.15) is 12.6 Å². The number of quaternary nitrogens is 1. The smallest absolute Gasteiger partial charge is 0.338 e. The third-order valence-electron chi connectivity index (χ3n) is 4.06. The number of hydrogen-bond acceptors (Lipinski definition) is 4. The van der Waals surface area contributed by atoms with Crippen LogP contribution in [0.1, 0.15) is 36.5 Å². The minimum Gasteiger partial charge on any atom is -0.493 e. The zero-order chi connectivity index (χ0) is 15.9. The maximum atomic E-state index is 12.2. The van der Waals surface area contributed by atoms with Crippen molar-refractivity contribution < 1.29 is 23.9 Å². The van der Waals surface area contributed by atoms with Gasteiger partial charge in [-0.1, -0.05) is 0 Å². The molecular weight excluding hydrogens is 282 g/mol. The molecule has 1 aliphatic heterocycles. The quantitative estimate of drug-likeness (QED) is 0.805. The number of piperidine rings is 1. The zero-order valence-corrected chi connectivity index (χ0v) is 13.7. The summed E-state index contributed by atoms with van der Waals surface area (Å²) in [6, 6.07) is 5.07. The van der Waals surface area contributed by atoms with Crippen molar-refractivity contribution in [2.24, 2.45) is 0 Å². The molecule has 0 bridgehead atoms. The molecule has 0 saturated carbocycles. The van der Waals surface area contributed by atoms with Crippen LogP contribution in [0.25, 0.3) is 0 Å². The Kier molecular flexibility index (Phi) is 6.07. The Balaban J connectivity index is 1.93. The fourth-order valence-electron chi connectivity index (χ4n) is 2.92. The van der Waals surface area contributed by atoms with E-state index in [0.717, 1.165) is 6.54 Å². The Bertz CT molecular complexity index is 497. The van der Waals surface area contributed by atoms with Crippen molar-refractivity contribution in [1.82, 2.24) is 0 Å². The summed E-state index contributed by atoms with van der Waals surface area (Å²) in [6.45, 7) is 5.19. The van der Waals surface area contributed by atoms with E-state index in [0.29, 0.717) is 17.1 Å². The average Bonchev–Trinajstić information content (AvgIpc) is 2.54. The lowest BCUT2D eigenvalue weighted by Gasteiger charge is -2.26. The summed E-state index contributed by atoms with van der Waals surface area (Å²) >= 11 is 0. The number of hydrogen-bond donors (Lipinski definition) is 1. The van der Waals surface area contributed by atoms with Crippen LogP contribution in [-0.4, -0.2) is 45.9 Å². The number of likely N-dealkylation sites (tertiary alicyclic amines) is 1. The Morgan fingerprint density at radius 1 is 1.14 bits per heavy atom. The molecule has 1 aromatic carbocycles. The number of nitrogens with one attached hydrogen (secondary N) is 1. The number of carbonyl (C=O) groups excluding carboxylic acids is 1. The Morgan fingerprint density at radius 3 is 2.45 bits per heavy atom. The monoisotopic (exact) mass is 308 g/mol. The predicted octanol–water partition coefficient (Wildman–Crippen LogP) is 1.32. The van der Waals surface area contributed by atoms with Crippen LogP contribution in [0, 0.1) is 0 Å². The largest absolute Gasteiger partial charge is 0.493 e. The highest BCUT2D eigenvalue weighted by Crippen LogP contribution is 2.27. The molecule has 122 valence electrons. The minimum atomic E-state index is -0.315. The van der Waals surface area contributed by atoms with Crippen molar-refractivity contribution in [3.8, 4) is 11.5 Å². The molecule has 1 fully saturated rings. The molecule has 0 spiro atoms. The maximum Gasteiger partial charge on any atom is 0.338 e. The van der Waals surface area contributed by atoms with Gasteiger partial charge in [-0.3, -0.25) is 0 Å². The molecule has 1 N–H and O–H groups in total. The molecular formula is C17H26NO4+. The van der Waals surface area contributed by atoms with Crippen LogP contribution in [0.2, 0.25) is 0 Å². The van der Waals surface area contributed by atoms with Crippen molar-refractivity contribution in [2.45, 2.75) is 32.3 Å². The lowest BCUT2D eigenvalue weighted by molar-refractivity contribution is -0.907. The highest BCUT2D eigenvalue weighted by molar-refractivity contribution is 5.90. The molecule has 2 rings (SSSR count). The Labute approximate surface area is 132 Å². The average molecular weight is 308 g/mol. The van der Waals surface area contributed by atoms with Gasteiger partial charge in [-0.2, -0.15) is 0 Å². The number of benzene rings is 1. The summed E-state index contributed by atoms with van der Waals surface area (Å²) in [7, 11) is 3.12. The van der Waals surface area contributed by atoms with Gasteiger partial charge in [0.05, 0.1) is 32.9 Å². The number of ether oxygens (including phenoxy) is 3. The topological polar surface area (TPSA) is 49.2 Å². The van der Waals surface area contributed by atoms with E-state index in [1.54, 1.807) is 32.4 Å². The fraction of sp³-hybridized carbons (Fsp3) is 0.588. The van der Waals surface area contributed by atoms with Gasteiger partial charge in [0, 0.05) is 0 Å². The Hall–Kier alpha value is -1.75. The van der Waals surface area contributed by atoms with Crippen molar-refractivity contribution in [3.63, 3.8) is 0 Å². The van der Waals surface area contributed by atoms with Gasteiger partial charge < -0.3 is 19.1 Å². The van der Waals surface area contributed by atoms with Gasteiger partial charge in [-0.15, -0.1) is 0 Å². The van der Waals surface area contributed by atoms with Gasteiger partial charge in [-0.25, -0.2) is 4.79 Å². The van der Waals surface area contributed by atoms with E-state index in [1.807, 2.05) is 6.92 Å². The third-order valence-corrected chi connectivity index (χ3v) is 4.06. The van der Waals surface area contributed by atoms with Crippen LogP contribution in [0.5, 0.6) is 11.5 Å². The molecule has 0 aliphatic carbocycles. The van der Waals surface area contributed by atoms with Crippen LogP contribution < -0.4 is 14.4 Å². The van der Waals surface area contributed by atoms with E-state index < -0.39 is 0 Å². The first-order chi connectivity index (χ1) is 10.6. The predicted molar refractivity (Wildman–Crippen MR) is 83.8 cm³/mol. The summed E-state index contributed by atoms with van der Waals surface area (Å²) in [5, 5.41) is 0. The van der Waals surface area contributed by atoms with Crippen LogP contribution in [0.3, 0.4) is 0 Å². The molecule has 1 saturated heterocycles. The van der Waals surface area contributed by atoms with E-state index in [2.05, 4.69) is 0 Å². The first-order valence-electron chi connectivity index (χ1n) is 7.90. The van der Waals surface area contributed by atoms with E-state index >= 15 is 0 Å². The molecule has 1 heterocycles. The van der Waals surface area contributed by atoms with Crippen LogP contribution >= 0.6 is 0 Å². The van der Waals surface area contributed by atoms with Crippen molar-refractivity contribution >= 4 is 5.97 Å². The second kappa shape index (κ2) is 8.03. The van der Waals surface area contributed by atoms with E-state index in [-0.39, 0.29) is 12.1 Å².